The normalized spacial score (nSPS) is 11.1. The molecule has 0 saturated heterocycles. The molecule has 0 aliphatic heterocycles. The molecule has 0 bridgehead atoms. The topological polar surface area (TPSA) is 50.9 Å². The number of aromatic nitrogens is 1. The summed E-state index contributed by atoms with van der Waals surface area (Å²) in [7, 11) is 0. The van der Waals surface area contributed by atoms with Crippen LogP contribution in [0.3, 0.4) is 0 Å². The number of pyridine rings is 1. The summed E-state index contributed by atoms with van der Waals surface area (Å²) < 4.78 is 0. The highest BCUT2D eigenvalue weighted by atomic mass is 32.1. The van der Waals surface area contributed by atoms with E-state index >= 15 is 0 Å². The van der Waals surface area contributed by atoms with E-state index in [1.54, 1.807) is 6.20 Å². The van der Waals surface area contributed by atoms with Crippen molar-refractivity contribution in [3.63, 3.8) is 0 Å². The second kappa shape index (κ2) is 3.92. The van der Waals surface area contributed by atoms with Crippen molar-refractivity contribution in [3.05, 3.63) is 24.0 Å². The number of anilines is 1. The summed E-state index contributed by atoms with van der Waals surface area (Å²) in [5, 5.41) is 3.32. The molecule has 0 unspecified atom stereocenters. The molecule has 0 saturated carbocycles. The van der Waals surface area contributed by atoms with Crippen LogP contribution < -0.4 is 11.1 Å². The number of hydrogen-bond acceptors (Lipinski definition) is 3. The Labute approximate surface area is 89.7 Å². The minimum absolute atomic E-state index is 0.0227. The van der Waals surface area contributed by atoms with Crippen molar-refractivity contribution in [1.29, 1.82) is 0 Å². The van der Waals surface area contributed by atoms with Crippen molar-refractivity contribution in [3.8, 4) is 0 Å². The summed E-state index contributed by atoms with van der Waals surface area (Å²) in [5.41, 5.74) is 7.14. The molecule has 0 aliphatic rings. The van der Waals surface area contributed by atoms with Crippen LogP contribution >= 0.6 is 12.2 Å². The Morgan fingerprint density at radius 2 is 2.14 bits per heavy atom. The Bertz CT molecular complexity index is 341. The van der Waals surface area contributed by atoms with Crippen LogP contribution in [0.5, 0.6) is 0 Å². The quantitative estimate of drug-likeness (QED) is 0.731. The molecule has 14 heavy (non-hydrogen) atoms. The summed E-state index contributed by atoms with van der Waals surface area (Å²) in [4.78, 5) is 4.38. The number of rotatable bonds is 2. The average Bonchev–Trinajstić information content (AvgIpc) is 2.01. The second-order valence-electron chi connectivity index (χ2n) is 4.17. The van der Waals surface area contributed by atoms with E-state index in [-0.39, 0.29) is 5.54 Å². The van der Waals surface area contributed by atoms with Gasteiger partial charge in [-0.3, -0.25) is 4.98 Å². The van der Waals surface area contributed by atoms with Gasteiger partial charge in [-0.15, -0.1) is 0 Å². The van der Waals surface area contributed by atoms with Crippen LogP contribution in [0.15, 0.2) is 18.3 Å². The van der Waals surface area contributed by atoms with Gasteiger partial charge in [0.05, 0.1) is 5.69 Å². The zero-order valence-corrected chi connectivity index (χ0v) is 9.48. The lowest BCUT2D eigenvalue weighted by molar-refractivity contribution is 0.634. The number of nitrogens with one attached hydrogen (secondary N) is 1. The maximum Gasteiger partial charge on any atom is 0.122 e. The largest absolute Gasteiger partial charge is 0.388 e. The van der Waals surface area contributed by atoms with Crippen molar-refractivity contribution in [1.82, 2.24) is 4.98 Å². The van der Waals surface area contributed by atoms with E-state index < -0.39 is 0 Å². The van der Waals surface area contributed by atoms with E-state index in [1.807, 2.05) is 12.1 Å². The van der Waals surface area contributed by atoms with Gasteiger partial charge in [0, 0.05) is 17.4 Å². The molecule has 4 heteroatoms. The van der Waals surface area contributed by atoms with Gasteiger partial charge in [0.1, 0.15) is 4.99 Å². The lowest BCUT2D eigenvalue weighted by Gasteiger charge is -2.22. The zero-order chi connectivity index (χ0) is 10.8. The van der Waals surface area contributed by atoms with E-state index in [9.17, 15) is 0 Å². The van der Waals surface area contributed by atoms with Crippen LogP contribution in [0.2, 0.25) is 0 Å². The summed E-state index contributed by atoms with van der Waals surface area (Å²) >= 11 is 4.85. The Morgan fingerprint density at radius 3 is 2.64 bits per heavy atom. The maximum absolute atomic E-state index is 5.49. The summed E-state index contributed by atoms with van der Waals surface area (Å²) in [5.74, 6) is 0. The van der Waals surface area contributed by atoms with Crippen LogP contribution in [0.4, 0.5) is 5.69 Å². The number of hydrogen-bond donors (Lipinski definition) is 2. The number of nitrogens with two attached hydrogens (primary N) is 1. The molecule has 0 atom stereocenters. The first-order valence-corrected chi connectivity index (χ1v) is 4.83. The minimum Gasteiger partial charge on any atom is -0.388 e. The monoisotopic (exact) mass is 209 g/mol. The highest BCUT2D eigenvalue weighted by Gasteiger charge is 2.09. The summed E-state index contributed by atoms with van der Waals surface area (Å²) in [6.07, 6.45) is 1.70. The molecule has 3 N–H and O–H groups in total. The van der Waals surface area contributed by atoms with E-state index in [0.29, 0.717) is 10.7 Å². The molecule has 1 aromatic heterocycles. The molecular weight excluding hydrogens is 194 g/mol. The van der Waals surface area contributed by atoms with Crippen molar-refractivity contribution in [2.75, 3.05) is 5.32 Å². The molecule has 0 fully saturated rings. The third-order valence-electron chi connectivity index (χ3n) is 1.53. The zero-order valence-electron chi connectivity index (χ0n) is 8.66. The molecule has 0 amide bonds. The number of nitrogens with zero attached hydrogens (tertiary/aromatic N) is 1. The van der Waals surface area contributed by atoms with E-state index in [0.717, 1.165) is 5.69 Å². The van der Waals surface area contributed by atoms with Crippen molar-refractivity contribution < 1.29 is 0 Å². The fourth-order valence-corrected chi connectivity index (χ4v) is 1.19. The van der Waals surface area contributed by atoms with Gasteiger partial charge in [0.25, 0.3) is 0 Å². The molecule has 1 heterocycles. The minimum atomic E-state index is 0.0227. The average molecular weight is 209 g/mol. The molecule has 0 aromatic carbocycles. The van der Waals surface area contributed by atoms with E-state index in [2.05, 4.69) is 31.1 Å². The lowest BCUT2D eigenvalue weighted by Crippen LogP contribution is -2.26. The van der Waals surface area contributed by atoms with E-state index in [1.165, 1.54) is 0 Å². The van der Waals surface area contributed by atoms with Crippen molar-refractivity contribution >= 4 is 22.9 Å². The lowest BCUT2D eigenvalue weighted by atomic mass is 10.1. The van der Waals surface area contributed by atoms with Gasteiger partial charge in [-0.05, 0) is 32.9 Å². The third kappa shape index (κ3) is 3.30. The predicted molar refractivity (Wildman–Crippen MR) is 63.5 cm³/mol. The third-order valence-corrected chi connectivity index (χ3v) is 1.74. The fourth-order valence-electron chi connectivity index (χ4n) is 1.08. The second-order valence-corrected chi connectivity index (χ2v) is 4.61. The van der Waals surface area contributed by atoms with Gasteiger partial charge in [0.15, 0.2) is 0 Å². The van der Waals surface area contributed by atoms with Crippen LogP contribution in [-0.2, 0) is 0 Å². The molecule has 1 rings (SSSR count). The molecule has 0 aliphatic carbocycles. The van der Waals surface area contributed by atoms with Crippen LogP contribution in [0.1, 0.15) is 26.5 Å². The SMILES string of the molecule is CC(C)(C)Nc1ccnc(C(N)=S)c1. The smallest absolute Gasteiger partial charge is 0.122 e. The van der Waals surface area contributed by atoms with Crippen LogP contribution in [0.25, 0.3) is 0 Å². The Kier molecular flexibility index (Phi) is 3.06. The predicted octanol–water partition coefficient (Wildman–Crippen LogP) is 1.93. The summed E-state index contributed by atoms with van der Waals surface area (Å²) in [6, 6.07) is 3.75. The standard InChI is InChI=1S/C10H15N3S/c1-10(2,3)13-7-4-5-12-8(6-7)9(11)14/h4-6H,1-3H3,(H2,11,14)(H,12,13). The first-order chi connectivity index (χ1) is 6.38. The summed E-state index contributed by atoms with van der Waals surface area (Å²) in [6.45, 7) is 6.27. The first-order valence-electron chi connectivity index (χ1n) is 4.42. The van der Waals surface area contributed by atoms with Crippen LogP contribution in [-0.4, -0.2) is 15.5 Å². The Hall–Kier alpha value is -1.16. The Balaban J connectivity index is 2.89. The van der Waals surface area contributed by atoms with Gasteiger partial charge in [-0.2, -0.15) is 0 Å². The molecule has 0 radical (unpaired) electrons. The molecule has 1 aromatic rings. The number of thiocarbonyl (C=S) groups is 1. The van der Waals surface area contributed by atoms with Gasteiger partial charge in [-0.25, -0.2) is 0 Å². The molecule has 0 spiro atoms. The van der Waals surface area contributed by atoms with Gasteiger partial charge in [-0.1, -0.05) is 12.2 Å². The molecule has 76 valence electrons. The maximum atomic E-state index is 5.49. The first kappa shape index (κ1) is 10.9. The highest BCUT2D eigenvalue weighted by Crippen LogP contribution is 2.14. The molecular formula is C10H15N3S. The highest BCUT2D eigenvalue weighted by molar-refractivity contribution is 7.80. The van der Waals surface area contributed by atoms with Gasteiger partial charge in [0.2, 0.25) is 0 Å². The molecule has 3 nitrogen and oxygen atoms in total. The fraction of sp³-hybridized carbons (Fsp3) is 0.400. The van der Waals surface area contributed by atoms with Crippen molar-refractivity contribution in [2.45, 2.75) is 26.3 Å². The van der Waals surface area contributed by atoms with Crippen LogP contribution in [0, 0.1) is 0 Å². The van der Waals surface area contributed by atoms with Crippen molar-refractivity contribution in [2.24, 2.45) is 5.73 Å². The van der Waals surface area contributed by atoms with Gasteiger partial charge >= 0.3 is 0 Å². The Morgan fingerprint density at radius 1 is 1.50 bits per heavy atom. The van der Waals surface area contributed by atoms with Gasteiger partial charge < -0.3 is 11.1 Å². The van der Waals surface area contributed by atoms with E-state index in [4.69, 9.17) is 18.0 Å².